The molecule has 2 amide bonds. The molecule has 4 nitrogen and oxygen atoms in total. The van der Waals surface area contributed by atoms with Crippen molar-refractivity contribution in [3.63, 3.8) is 0 Å². The maximum atomic E-state index is 11.3. The van der Waals surface area contributed by atoms with Crippen LogP contribution in [0.25, 0.3) is 0 Å². The van der Waals surface area contributed by atoms with Crippen LogP contribution < -0.4 is 0 Å². The first-order chi connectivity index (χ1) is 5.25. The molecule has 1 aliphatic heterocycles. The van der Waals surface area contributed by atoms with Gasteiger partial charge in [-0.05, 0) is 6.92 Å². The van der Waals surface area contributed by atoms with Crippen molar-refractivity contribution in [2.45, 2.75) is 6.92 Å². The Balaban J connectivity index is 2.46. The van der Waals surface area contributed by atoms with Gasteiger partial charge in [-0.2, -0.15) is 0 Å². The summed E-state index contributed by atoms with van der Waals surface area (Å²) in [6.07, 6.45) is 1.61. The van der Waals surface area contributed by atoms with E-state index in [4.69, 9.17) is 0 Å². The van der Waals surface area contributed by atoms with E-state index in [0.29, 0.717) is 0 Å². The van der Waals surface area contributed by atoms with Crippen molar-refractivity contribution in [2.75, 3.05) is 26.7 Å². The van der Waals surface area contributed by atoms with Gasteiger partial charge in [-0.15, -0.1) is 0 Å². The third kappa shape index (κ3) is 1.69. The minimum atomic E-state index is 0.0359. The van der Waals surface area contributed by atoms with Crippen molar-refractivity contribution in [1.29, 1.82) is 0 Å². The summed E-state index contributed by atoms with van der Waals surface area (Å²) in [5.41, 5.74) is 0. The standard InChI is InChI=1S/C7H13N3O/c1-3-9(2)7(11)10-5-4-8-6-10/h6H,3-5H2,1-2H3. The van der Waals surface area contributed by atoms with Crippen LogP contribution in [0.1, 0.15) is 6.92 Å². The zero-order valence-electron chi connectivity index (χ0n) is 6.95. The number of carbonyl (C=O) groups excluding carboxylic acids is 1. The summed E-state index contributed by atoms with van der Waals surface area (Å²) in [5, 5.41) is 0. The minimum absolute atomic E-state index is 0.0359. The second-order valence-corrected chi connectivity index (χ2v) is 2.51. The maximum absolute atomic E-state index is 11.3. The first kappa shape index (κ1) is 8.04. The molecule has 0 atom stereocenters. The highest BCUT2D eigenvalue weighted by molar-refractivity contribution is 5.87. The maximum Gasteiger partial charge on any atom is 0.324 e. The Bertz CT molecular complexity index is 179. The van der Waals surface area contributed by atoms with Gasteiger partial charge in [0.2, 0.25) is 0 Å². The molecule has 1 heterocycles. The van der Waals surface area contributed by atoms with Crippen molar-refractivity contribution >= 4 is 12.4 Å². The van der Waals surface area contributed by atoms with E-state index in [1.54, 1.807) is 23.2 Å². The SMILES string of the molecule is CCN(C)C(=O)N1C=NCC1. The van der Waals surface area contributed by atoms with Crippen LogP contribution in [0.3, 0.4) is 0 Å². The molecule has 11 heavy (non-hydrogen) atoms. The number of urea groups is 1. The van der Waals surface area contributed by atoms with Gasteiger partial charge in [0.25, 0.3) is 0 Å². The molecule has 0 aliphatic carbocycles. The molecule has 0 spiro atoms. The fourth-order valence-corrected chi connectivity index (χ4v) is 0.879. The van der Waals surface area contributed by atoms with Crippen LogP contribution in [-0.2, 0) is 0 Å². The van der Waals surface area contributed by atoms with Crippen molar-refractivity contribution in [3.05, 3.63) is 0 Å². The number of aliphatic imine (C=N–C) groups is 1. The smallest absolute Gasteiger partial charge is 0.324 e. The number of rotatable bonds is 1. The molecule has 0 saturated heterocycles. The van der Waals surface area contributed by atoms with Crippen LogP contribution in [0.5, 0.6) is 0 Å². The first-order valence-corrected chi connectivity index (χ1v) is 3.77. The Hall–Kier alpha value is -1.06. The molecule has 0 bridgehead atoms. The molecule has 0 aromatic rings. The number of carbonyl (C=O) groups is 1. The van der Waals surface area contributed by atoms with E-state index < -0.39 is 0 Å². The van der Waals surface area contributed by atoms with Crippen LogP contribution in [-0.4, -0.2) is 48.9 Å². The summed E-state index contributed by atoms with van der Waals surface area (Å²) in [4.78, 5) is 18.6. The van der Waals surface area contributed by atoms with Crippen LogP contribution in [0.4, 0.5) is 4.79 Å². The van der Waals surface area contributed by atoms with Gasteiger partial charge >= 0.3 is 6.03 Å². The predicted octanol–water partition coefficient (Wildman–Crippen LogP) is 0.402. The van der Waals surface area contributed by atoms with Crippen LogP contribution in [0.15, 0.2) is 4.99 Å². The van der Waals surface area contributed by atoms with Crippen LogP contribution >= 0.6 is 0 Å². The highest BCUT2D eigenvalue weighted by atomic mass is 16.2. The fourth-order valence-electron chi connectivity index (χ4n) is 0.879. The van der Waals surface area contributed by atoms with E-state index in [-0.39, 0.29) is 6.03 Å². The summed E-state index contributed by atoms with van der Waals surface area (Å²) in [5.74, 6) is 0. The van der Waals surface area contributed by atoms with Gasteiger partial charge in [0.05, 0.1) is 12.9 Å². The number of hydrogen-bond acceptors (Lipinski definition) is 2. The molecule has 0 fully saturated rings. The minimum Gasteiger partial charge on any atom is -0.328 e. The normalized spacial score (nSPS) is 15.6. The van der Waals surface area contributed by atoms with Crippen molar-refractivity contribution in [3.8, 4) is 0 Å². The Labute approximate surface area is 66.5 Å². The summed E-state index contributed by atoms with van der Waals surface area (Å²) in [7, 11) is 1.79. The van der Waals surface area contributed by atoms with E-state index in [9.17, 15) is 4.79 Å². The zero-order valence-corrected chi connectivity index (χ0v) is 6.95. The lowest BCUT2D eigenvalue weighted by Crippen LogP contribution is -2.39. The molecule has 1 aliphatic rings. The Kier molecular flexibility index (Phi) is 2.46. The van der Waals surface area contributed by atoms with E-state index in [1.807, 2.05) is 6.92 Å². The Morgan fingerprint density at radius 2 is 2.55 bits per heavy atom. The van der Waals surface area contributed by atoms with E-state index in [0.717, 1.165) is 19.6 Å². The lowest BCUT2D eigenvalue weighted by atomic mass is 10.5. The molecular formula is C7H13N3O. The van der Waals surface area contributed by atoms with Gasteiger partial charge in [-0.3, -0.25) is 9.89 Å². The Morgan fingerprint density at radius 3 is 3.00 bits per heavy atom. The third-order valence-electron chi connectivity index (χ3n) is 1.74. The van der Waals surface area contributed by atoms with Gasteiger partial charge in [-0.25, -0.2) is 4.79 Å². The second-order valence-electron chi connectivity index (χ2n) is 2.51. The van der Waals surface area contributed by atoms with Crippen molar-refractivity contribution in [2.24, 2.45) is 4.99 Å². The van der Waals surface area contributed by atoms with Crippen molar-refractivity contribution < 1.29 is 4.79 Å². The summed E-state index contributed by atoms with van der Waals surface area (Å²) < 4.78 is 0. The number of hydrogen-bond donors (Lipinski definition) is 0. The first-order valence-electron chi connectivity index (χ1n) is 3.77. The average Bonchev–Trinajstić information content (AvgIpc) is 2.53. The van der Waals surface area contributed by atoms with E-state index >= 15 is 0 Å². The lowest BCUT2D eigenvalue weighted by Gasteiger charge is -2.20. The highest BCUT2D eigenvalue weighted by Gasteiger charge is 2.16. The lowest BCUT2D eigenvalue weighted by molar-refractivity contribution is 0.192. The zero-order chi connectivity index (χ0) is 8.27. The molecule has 0 N–H and O–H groups in total. The van der Waals surface area contributed by atoms with Crippen LogP contribution in [0, 0.1) is 0 Å². The molecule has 1 rings (SSSR count). The van der Waals surface area contributed by atoms with E-state index in [2.05, 4.69) is 4.99 Å². The summed E-state index contributed by atoms with van der Waals surface area (Å²) in [6.45, 7) is 4.15. The monoisotopic (exact) mass is 155 g/mol. The largest absolute Gasteiger partial charge is 0.328 e. The highest BCUT2D eigenvalue weighted by Crippen LogP contribution is 1.98. The van der Waals surface area contributed by atoms with Gasteiger partial charge in [-0.1, -0.05) is 0 Å². The molecule has 0 radical (unpaired) electrons. The second kappa shape index (κ2) is 3.37. The number of amides is 2. The van der Waals surface area contributed by atoms with Gasteiger partial charge in [0, 0.05) is 20.1 Å². The van der Waals surface area contributed by atoms with E-state index in [1.165, 1.54) is 0 Å². The van der Waals surface area contributed by atoms with Crippen LogP contribution in [0.2, 0.25) is 0 Å². The Morgan fingerprint density at radius 1 is 1.82 bits per heavy atom. The van der Waals surface area contributed by atoms with Gasteiger partial charge in [0.15, 0.2) is 0 Å². The topological polar surface area (TPSA) is 35.9 Å². The quantitative estimate of drug-likeness (QED) is 0.540. The van der Waals surface area contributed by atoms with Gasteiger partial charge in [0.1, 0.15) is 0 Å². The summed E-state index contributed by atoms with van der Waals surface area (Å²) in [6, 6.07) is 0.0359. The molecule has 0 saturated carbocycles. The third-order valence-corrected chi connectivity index (χ3v) is 1.74. The number of nitrogens with zero attached hydrogens (tertiary/aromatic N) is 3. The molecule has 4 heteroatoms. The predicted molar refractivity (Wildman–Crippen MR) is 43.8 cm³/mol. The molecular weight excluding hydrogens is 142 g/mol. The van der Waals surface area contributed by atoms with Crippen molar-refractivity contribution in [1.82, 2.24) is 9.80 Å². The molecule has 62 valence electrons. The van der Waals surface area contributed by atoms with Gasteiger partial charge < -0.3 is 4.90 Å². The molecule has 0 aromatic heterocycles. The summed E-state index contributed by atoms with van der Waals surface area (Å²) >= 11 is 0. The molecule has 0 aromatic carbocycles. The molecule has 0 unspecified atom stereocenters. The fraction of sp³-hybridized carbons (Fsp3) is 0.714. The average molecular weight is 155 g/mol.